The van der Waals surface area contributed by atoms with Gasteiger partial charge in [0.2, 0.25) is 5.88 Å². The third-order valence-corrected chi connectivity index (χ3v) is 11.5. The summed E-state index contributed by atoms with van der Waals surface area (Å²) in [6.07, 6.45) is 10.7. The van der Waals surface area contributed by atoms with Crippen LogP contribution in [0.4, 0.5) is 14.6 Å². The summed E-state index contributed by atoms with van der Waals surface area (Å²) in [5.41, 5.74) is -1.89. The smallest absolute Gasteiger partial charge is 0.319 e. The van der Waals surface area contributed by atoms with E-state index in [2.05, 4.69) is 20.8 Å². The summed E-state index contributed by atoms with van der Waals surface area (Å²) in [5, 5.41) is 22.7. The van der Waals surface area contributed by atoms with Crippen molar-refractivity contribution in [1.29, 1.82) is 0 Å². The van der Waals surface area contributed by atoms with Crippen LogP contribution in [0.2, 0.25) is 0 Å². The van der Waals surface area contributed by atoms with Crippen molar-refractivity contribution >= 4 is 27.5 Å². The van der Waals surface area contributed by atoms with E-state index in [0.29, 0.717) is 25.1 Å². The van der Waals surface area contributed by atoms with Gasteiger partial charge in [0, 0.05) is 35.5 Å². The third kappa shape index (κ3) is 7.02. The van der Waals surface area contributed by atoms with Crippen molar-refractivity contribution in [2.45, 2.75) is 76.4 Å². The van der Waals surface area contributed by atoms with Gasteiger partial charge in [-0.1, -0.05) is 18.4 Å². The van der Waals surface area contributed by atoms with Crippen molar-refractivity contribution in [3.8, 4) is 41.2 Å². The number of anilines is 1. The molecule has 2 N–H and O–H groups in total. The summed E-state index contributed by atoms with van der Waals surface area (Å²) >= 11 is 0. The number of hydrogen-bond acceptors (Lipinski definition) is 12. The van der Waals surface area contributed by atoms with Gasteiger partial charge in [0.1, 0.15) is 39.6 Å². The number of hydrogen-bond donors (Lipinski definition) is 2. The molecule has 2 aromatic heterocycles. The number of phenolic OH excluding ortho intramolecular Hbond substituents is 1. The molecule has 4 aromatic rings. The van der Waals surface area contributed by atoms with E-state index in [1.165, 1.54) is 31.4 Å². The average Bonchev–Trinajstić information content (AvgIpc) is 3.69. The van der Waals surface area contributed by atoms with Crippen molar-refractivity contribution in [2.24, 2.45) is 5.41 Å². The second kappa shape index (κ2) is 14.3. The van der Waals surface area contributed by atoms with E-state index in [4.69, 9.17) is 35.1 Å². The van der Waals surface area contributed by atoms with Gasteiger partial charge in [-0.2, -0.15) is 9.97 Å². The summed E-state index contributed by atoms with van der Waals surface area (Å²) in [7, 11) is 1.39. The molecule has 14 heteroatoms. The van der Waals surface area contributed by atoms with Crippen LogP contribution in [-0.4, -0.2) is 113 Å². The SMILES string of the molecule is C#Cc1c(F)ccc2cc(O)cc(-c3nc(OC)c4c(N5CCOC[C@@](C)(O)C5)nc(OCC56CCCC5N(C[C@@H]5COC(C)(C)O5)CCC6)nc4c3F)c12. The zero-order chi connectivity index (χ0) is 38.7. The van der Waals surface area contributed by atoms with Gasteiger partial charge in [0.15, 0.2) is 11.6 Å². The maximum atomic E-state index is 17.3. The molecule has 4 aliphatic rings. The average molecular weight is 760 g/mol. The lowest BCUT2D eigenvalue weighted by Gasteiger charge is -2.46. The zero-order valence-corrected chi connectivity index (χ0v) is 31.7. The van der Waals surface area contributed by atoms with Gasteiger partial charge in [0.25, 0.3) is 0 Å². The molecule has 5 heterocycles. The standard InChI is InChI=1S/C41H47F2N5O7/c1-6-27-29(42)11-10-24-17-25(49)18-28(31(24)27)34-33(43)35-32(37(44-34)51-5)36(48-15-16-52-22-40(4,50)21-48)46-38(45-35)53-23-41-12-7-9-30(41)47(14-8-13-41)19-26-20-54-39(2,3)55-26/h1,10-11,17-18,26,30,49-50H,7-9,12-16,19-23H2,2-5H3/t26-,30?,40+,41?/m1/s1. The fraction of sp³-hybridized carbons (Fsp3) is 0.537. The number of nitrogens with zero attached hydrogens (tertiary/aromatic N) is 5. The first-order valence-electron chi connectivity index (χ1n) is 18.9. The molecule has 1 saturated carbocycles. The highest BCUT2D eigenvalue weighted by atomic mass is 19.1. The van der Waals surface area contributed by atoms with Gasteiger partial charge < -0.3 is 38.8 Å². The lowest BCUT2D eigenvalue weighted by molar-refractivity contribution is -0.143. The number of rotatable bonds is 8. The van der Waals surface area contributed by atoms with Gasteiger partial charge in [-0.3, -0.25) is 4.90 Å². The molecule has 8 rings (SSSR count). The van der Waals surface area contributed by atoms with E-state index in [1.807, 2.05) is 13.8 Å². The van der Waals surface area contributed by atoms with Crippen molar-refractivity contribution in [3.05, 3.63) is 41.5 Å². The summed E-state index contributed by atoms with van der Waals surface area (Å²) in [6, 6.07) is 5.58. The fourth-order valence-electron chi connectivity index (χ4n) is 9.21. The Kier molecular flexibility index (Phi) is 9.74. The summed E-state index contributed by atoms with van der Waals surface area (Å²) in [4.78, 5) is 18.5. The van der Waals surface area contributed by atoms with E-state index in [0.717, 1.165) is 45.2 Å². The zero-order valence-electron chi connectivity index (χ0n) is 31.7. The molecule has 2 unspecified atom stereocenters. The monoisotopic (exact) mass is 759 g/mol. The highest BCUT2D eigenvalue weighted by Gasteiger charge is 2.49. The highest BCUT2D eigenvalue weighted by molar-refractivity contribution is 6.04. The van der Waals surface area contributed by atoms with E-state index in [1.54, 1.807) is 11.8 Å². The first-order valence-corrected chi connectivity index (χ1v) is 18.9. The van der Waals surface area contributed by atoms with Gasteiger partial charge >= 0.3 is 6.01 Å². The van der Waals surface area contributed by atoms with Gasteiger partial charge in [-0.05, 0) is 76.6 Å². The Balaban J connectivity index is 1.23. The summed E-state index contributed by atoms with van der Waals surface area (Å²) < 4.78 is 62.5. The molecule has 0 amide bonds. The fourth-order valence-corrected chi connectivity index (χ4v) is 9.21. The Labute approximate surface area is 318 Å². The van der Waals surface area contributed by atoms with Crippen LogP contribution in [0.3, 0.4) is 0 Å². The van der Waals surface area contributed by atoms with E-state index < -0.39 is 23.0 Å². The maximum Gasteiger partial charge on any atom is 0.319 e. The molecule has 0 radical (unpaired) electrons. The Morgan fingerprint density at radius 2 is 1.89 bits per heavy atom. The van der Waals surface area contributed by atoms with Crippen LogP contribution < -0.4 is 14.4 Å². The number of β-amino-alcohol motifs (C(OH)–C–C–N with tert-alkyl or cyclic N) is 1. The minimum Gasteiger partial charge on any atom is -0.508 e. The number of methoxy groups -OCH3 is 1. The number of aromatic nitrogens is 3. The number of aromatic hydroxyl groups is 1. The molecular formula is C41H47F2N5O7. The molecule has 3 aliphatic heterocycles. The van der Waals surface area contributed by atoms with Crippen LogP contribution in [0.25, 0.3) is 32.9 Å². The predicted molar refractivity (Wildman–Crippen MR) is 201 cm³/mol. The lowest BCUT2D eigenvalue weighted by Crippen LogP contribution is -2.54. The second-order valence-corrected chi connectivity index (χ2v) is 16.1. The minimum absolute atomic E-state index is 0.0217. The van der Waals surface area contributed by atoms with Crippen LogP contribution in [0.5, 0.6) is 17.6 Å². The molecule has 292 valence electrons. The highest BCUT2D eigenvalue weighted by Crippen LogP contribution is 2.49. The summed E-state index contributed by atoms with van der Waals surface area (Å²) in [6.45, 7) is 8.91. The second-order valence-electron chi connectivity index (χ2n) is 16.1. The Hall–Kier alpha value is -4.39. The Bertz CT molecular complexity index is 2180. The van der Waals surface area contributed by atoms with Crippen molar-refractivity contribution in [1.82, 2.24) is 19.9 Å². The molecule has 55 heavy (non-hydrogen) atoms. The van der Waals surface area contributed by atoms with Crippen LogP contribution >= 0.6 is 0 Å². The van der Waals surface area contributed by atoms with Crippen LogP contribution in [0.1, 0.15) is 58.4 Å². The number of pyridine rings is 1. The number of terminal acetylenes is 1. The molecule has 0 bridgehead atoms. The number of phenols is 1. The number of benzene rings is 2. The molecule has 4 fully saturated rings. The minimum atomic E-state index is -1.25. The van der Waals surface area contributed by atoms with Crippen LogP contribution in [0.15, 0.2) is 24.3 Å². The Morgan fingerprint density at radius 1 is 1.07 bits per heavy atom. The summed E-state index contributed by atoms with van der Waals surface area (Å²) in [5.74, 6) is 0.264. The molecule has 1 aliphatic carbocycles. The molecule has 12 nitrogen and oxygen atoms in total. The normalized spacial score (nSPS) is 26.9. The maximum absolute atomic E-state index is 17.3. The van der Waals surface area contributed by atoms with Crippen molar-refractivity contribution in [2.75, 3.05) is 64.6 Å². The van der Waals surface area contributed by atoms with Crippen LogP contribution in [-0.2, 0) is 14.2 Å². The lowest BCUT2D eigenvalue weighted by atomic mass is 9.75. The number of piperidine rings is 1. The Morgan fingerprint density at radius 3 is 2.65 bits per heavy atom. The van der Waals surface area contributed by atoms with Crippen LogP contribution in [0, 0.1) is 29.4 Å². The first kappa shape index (κ1) is 37.5. The van der Waals surface area contributed by atoms with Crippen molar-refractivity contribution in [3.63, 3.8) is 0 Å². The number of fused-ring (bicyclic) bond motifs is 3. The van der Waals surface area contributed by atoms with Crippen molar-refractivity contribution < 1.29 is 42.7 Å². The number of halogens is 2. The third-order valence-electron chi connectivity index (χ3n) is 11.5. The molecular weight excluding hydrogens is 712 g/mol. The molecule has 0 spiro atoms. The quantitative estimate of drug-likeness (QED) is 0.218. The number of aliphatic hydroxyl groups is 1. The molecule has 3 saturated heterocycles. The van der Waals surface area contributed by atoms with Gasteiger partial charge in [-0.25, -0.2) is 13.8 Å². The van der Waals surface area contributed by atoms with E-state index >= 15 is 8.78 Å². The van der Waals surface area contributed by atoms with Gasteiger partial charge in [-0.15, -0.1) is 6.42 Å². The van der Waals surface area contributed by atoms with Gasteiger partial charge in [0.05, 0.1) is 51.7 Å². The number of likely N-dealkylation sites (tertiary alicyclic amines) is 1. The van der Waals surface area contributed by atoms with E-state index in [-0.39, 0.29) is 93.9 Å². The largest absolute Gasteiger partial charge is 0.508 e. The predicted octanol–water partition coefficient (Wildman–Crippen LogP) is 5.57. The molecule has 2 aromatic carbocycles. The number of ether oxygens (including phenoxy) is 5. The first-order chi connectivity index (χ1) is 26.3. The topological polar surface area (TPSA) is 132 Å². The molecule has 4 atom stereocenters. The van der Waals surface area contributed by atoms with E-state index in [9.17, 15) is 10.2 Å².